The van der Waals surface area contributed by atoms with Gasteiger partial charge in [-0.05, 0) is 54.4 Å². The molecule has 1 saturated carbocycles. The SMILES string of the molecule is CNCc1cc(N(Cc2ccsc2)C2CC2)ccn1. The normalized spacial score (nSPS) is 14.6. The fourth-order valence-electron chi connectivity index (χ4n) is 2.32. The third kappa shape index (κ3) is 3.14. The molecule has 1 fully saturated rings. The number of anilines is 1. The molecule has 0 aliphatic heterocycles. The van der Waals surface area contributed by atoms with Crippen molar-refractivity contribution in [1.82, 2.24) is 10.3 Å². The zero-order valence-corrected chi connectivity index (χ0v) is 12.0. The minimum Gasteiger partial charge on any atom is -0.364 e. The van der Waals surface area contributed by atoms with Crippen LogP contribution in [0.15, 0.2) is 35.2 Å². The summed E-state index contributed by atoms with van der Waals surface area (Å²) in [5, 5.41) is 7.55. The molecule has 0 saturated heterocycles. The van der Waals surface area contributed by atoms with E-state index in [9.17, 15) is 0 Å². The van der Waals surface area contributed by atoms with E-state index in [4.69, 9.17) is 0 Å². The fourth-order valence-corrected chi connectivity index (χ4v) is 2.98. The van der Waals surface area contributed by atoms with E-state index in [1.54, 1.807) is 11.3 Å². The molecule has 2 heterocycles. The Labute approximate surface area is 118 Å². The highest BCUT2D eigenvalue weighted by atomic mass is 32.1. The van der Waals surface area contributed by atoms with Crippen molar-refractivity contribution in [3.8, 4) is 0 Å². The van der Waals surface area contributed by atoms with Gasteiger partial charge < -0.3 is 10.2 Å². The number of nitrogens with zero attached hydrogens (tertiary/aromatic N) is 2. The lowest BCUT2D eigenvalue weighted by molar-refractivity contribution is 0.773. The van der Waals surface area contributed by atoms with Crippen LogP contribution in [-0.4, -0.2) is 18.1 Å². The molecule has 2 aromatic rings. The van der Waals surface area contributed by atoms with Gasteiger partial charge in [-0.25, -0.2) is 0 Å². The largest absolute Gasteiger partial charge is 0.364 e. The van der Waals surface area contributed by atoms with Crippen LogP contribution in [0.25, 0.3) is 0 Å². The van der Waals surface area contributed by atoms with E-state index in [1.807, 2.05) is 13.2 Å². The van der Waals surface area contributed by atoms with Gasteiger partial charge in [0, 0.05) is 31.0 Å². The summed E-state index contributed by atoms with van der Waals surface area (Å²) in [4.78, 5) is 6.92. The molecule has 0 unspecified atom stereocenters. The van der Waals surface area contributed by atoms with Gasteiger partial charge in [-0.3, -0.25) is 4.98 Å². The Hall–Kier alpha value is -1.39. The highest BCUT2D eigenvalue weighted by Gasteiger charge is 2.29. The molecule has 2 aromatic heterocycles. The Balaban J connectivity index is 1.81. The average Bonchev–Trinajstić information content (AvgIpc) is 3.14. The number of pyridine rings is 1. The smallest absolute Gasteiger partial charge is 0.0562 e. The van der Waals surface area contributed by atoms with Crippen LogP contribution in [0.3, 0.4) is 0 Å². The van der Waals surface area contributed by atoms with Gasteiger partial charge >= 0.3 is 0 Å². The van der Waals surface area contributed by atoms with E-state index in [2.05, 4.69) is 44.2 Å². The molecule has 0 amide bonds. The van der Waals surface area contributed by atoms with Gasteiger partial charge in [-0.2, -0.15) is 11.3 Å². The highest BCUT2D eigenvalue weighted by molar-refractivity contribution is 7.07. The van der Waals surface area contributed by atoms with Crippen LogP contribution < -0.4 is 10.2 Å². The number of thiophene rings is 1. The van der Waals surface area contributed by atoms with E-state index < -0.39 is 0 Å². The Morgan fingerprint density at radius 3 is 3.00 bits per heavy atom. The molecule has 1 aliphatic rings. The number of rotatable bonds is 6. The van der Waals surface area contributed by atoms with Gasteiger partial charge in [0.05, 0.1) is 5.69 Å². The second kappa shape index (κ2) is 5.72. The second-order valence-electron chi connectivity index (χ2n) is 5.03. The first-order valence-electron chi connectivity index (χ1n) is 6.74. The maximum Gasteiger partial charge on any atom is 0.0562 e. The molecule has 19 heavy (non-hydrogen) atoms. The topological polar surface area (TPSA) is 28.2 Å². The lowest BCUT2D eigenvalue weighted by Gasteiger charge is -2.24. The molecule has 3 rings (SSSR count). The maximum absolute atomic E-state index is 4.40. The fraction of sp³-hybridized carbons (Fsp3) is 0.400. The average molecular weight is 273 g/mol. The first kappa shape index (κ1) is 12.6. The van der Waals surface area contributed by atoms with Crippen LogP contribution in [0.5, 0.6) is 0 Å². The molecule has 0 spiro atoms. The Morgan fingerprint density at radius 1 is 1.42 bits per heavy atom. The van der Waals surface area contributed by atoms with Crippen molar-refractivity contribution < 1.29 is 0 Å². The Bertz CT molecular complexity index is 520. The van der Waals surface area contributed by atoms with Crippen molar-refractivity contribution in [1.29, 1.82) is 0 Å². The van der Waals surface area contributed by atoms with Crippen molar-refractivity contribution in [2.24, 2.45) is 0 Å². The van der Waals surface area contributed by atoms with Crippen molar-refractivity contribution in [3.05, 3.63) is 46.4 Å². The van der Waals surface area contributed by atoms with E-state index >= 15 is 0 Å². The molecule has 0 aromatic carbocycles. The number of aromatic nitrogens is 1. The molecule has 4 heteroatoms. The van der Waals surface area contributed by atoms with Crippen LogP contribution in [0.4, 0.5) is 5.69 Å². The molecular weight excluding hydrogens is 254 g/mol. The van der Waals surface area contributed by atoms with Crippen LogP contribution in [0.2, 0.25) is 0 Å². The molecule has 0 atom stereocenters. The van der Waals surface area contributed by atoms with E-state index in [0.29, 0.717) is 6.04 Å². The van der Waals surface area contributed by atoms with E-state index in [-0.39, 0.29) is 0 Å². The lowest BCUT2D eigenvalue weighted by atomic mass is 10.2. The predicted octanol–water partition coefficient (Wildman–Crippen LogP) is 3.03. The van der Waals surface area contributed by atoms with Crippen molar-refractivity contribution in [2.45, 2.75) is 32.0 Å². The summed E-state index contributed by atoms with van der Waals surface area (Å²) in [6.07, 6.45) is 4.55. The van der Waals surface area contributed by atoms with Crippen molar-refractivity contribution in [3.63, 3.8) is 0 Å². The standard InChI is InChI=1S/C15H19N3S/c1-16-9-13-8-15(4-6-17-13)18(14-2-3-14)10-12-5-7-19-11-12/h4-8,11,14,16H,2-3,9-10H2,1H3. The molecule has 3 nitrogen and oxygen atoms in total. The summed E-state index contributed by atoms with van der Waals surface area (Å²) in [6, 6.07) is 7.27. The maximum atomic E-state index is 4.40. The van der Waals surface area contributed by atoms with Gasteiger partial charge in [0.25, 0.3) is 0 Å². The highest BCUT2D eigenvalue weighted by Crippen LogP contribution is 2.33. The van der Waals surface area contributed by atoms with Gasteiger partial charge in [0.1, 0.15) is 0 Å². The van der Waals surface area contributed by atoms with Crippen LogP contribution in [0, 0.1) is 0 Å². The lowest BCUT2D eigenvalue weighted by Crippen LogP contribution is -2.25. The van der Waals surface area contributed by atoms with E-state index in [0.717, 1.165) is 18.8 Å². The first-order chi connectivity index (χ1) is 9.36. The molecule has 100 valence electrons. The number of hydrogen-bond acceptors (Lipinski definition) is 4. The van der Waals surface area contributed by atoms with Crippen LogP contribution in [-0.2, 0) is 13.1 Å². The first-order valence-corrected chi connectivity index (χ1v) is 7.68. The Kier molecular flexibility index (Phi) is 3.80. The molecular formula is C15H19N3S. The zero-order valence-electron chi connectivity index (χ0n) is 11.2. The Morgan fingerprint density at radius 2 is 2.32 bits per heavy atom. The van der Waals surface area contributed by atoms with E-state index in [1.165, 1.54) is 24.1 Å². The van der Waals surface area contributed by atoms with Gasteiger partial charge in [0.2, 0.25) is 0 Å². The third-order valence-electron chi connectivity index (χ3n) is 3.41. The minimum absolute atomic E-state index is 0.713. The van der Waals surface area contributed by atoms with Crippen molar-refractivity contribution >= 4 is 17.0 Å². The number of hydrogen-bond donors (Lipinski definition) is 1. The molecule has 0 radical (unpaired) electrons. The zero-order chi connectivity index (χ0) is 13.1. The van der Waals surface area contributed by atoms with Crippen LogP contribution in [0.1, 0.15) is 24.1 Å². The van der Waals surface area contributed by atoms with Crippen LogP contribution >= 0.6 is 11.3 Å². The quantitative estimate of drug-likeness (QED) is 0.877. The third-order valence-corrected chi connectivity index (χ3v) is 4.14. The summed E-state index contributed by atoms with van der Waals surface area (Å²) in [5.74, 6) is 0. The second-order valence-corrected chi connectivity index (χ2v) is 5.81. The minimum atomic E-state index is 0.713. The summed E-state index contributed by atoms with van der Waals surface area (Å²) < 4.78 is 0. The summed E-state index contributed by atoms with van der Waals surface area (Å²) >= 11 is 1.77. The molecule has 1 aliphatic carbocycles. The predicted molar refractivity (Wildman–Crippen MR) is 80.5 cm³/mol. The molecule has 0 bridgehead atoms. The van der Waals surface area contributed by atoms with Gasteiger partial charge in [-0.15, -0.1) is 0 Å². The molecule has 1 N–H and O–H groups in total. The number of nitrogens with one attached hydrogen (secondary N) is 1. The summed E-state index contributed by atoms with van der Waals surface area (Å²) in [5.41, 5.74) is 3.81. The monoisotopic (exact) mass is 273 g/mol. The van der Waals surface area contributed by atoms with Gasteiger partial charge in [-0.1, -0.05) is 0 Å². The van der Waals surface area contributed by atoms with Crippen molar-refractivity contribution in [2.75, 3.05) is 11.9 Å². The summed E-state index contributed by atoms with van der Waals surface area (Å²) in [7, 11) is 1.96. The summed E-state index contributed by atoms with van der Waals surface area (Å²) in [6.45, 7) is 1.84. The van der Waals surface area contributed by atoms with Gasteiger partial charge in [0.15, 0.2) is 0 Å².